The maximum Gasteiger partial charge on any atom is 0.323 e. The molecule has 4 aromatic rings. The van der Waals surface area contributed by atoms with Crippen molar-refractivity contribution in [3.63, 3.8) is 0 Å². The second-order valence-electron chi connectivity index (χ2n) is 6.41. The molecule has 6 nitrogen and oxygen atoms in total. The van der Waals surface area contributed by atoms with Crippen LogP contribution in [0.4, 0.5) is 0 Å². The number of hydrogen-bond acceptors (Lipinski definition) is 4. The number of benzene rings is 3. The predicted octanol–water partition coefficient (Wildman–Crippen LogP) is 4.98. The number of nitrogens with zero attached hydrogens (tertiary/aromatic N) is 2. The monoisotopic (exact) mass is 388 g/mol. The zero-order valence-corrected chi connectivity index (χ0v) is 15.9. The summed E-state index contributed by atoms with van der Waals surface area (Å²) < 4.78 is 13.3. The molecule has 0 aliphatic rings. The summed E-state index contributed by atoms with van der Waals surface area (Å²) in [5.74, 6) is 1.67. The lowest BCUT2D eigenvalue weighted by Gasteiger charge is -2.12. The molecule has 0 saturated heterocycles. The SMILES string of the molecule is CCOc1ccccc1Oc1ccc(-c2nc3ccccc3n2CC(=O)O)cc1. The highest BCUT2D eigenvalue weighted by Crippen LogP contribution is 2.32. The molecule has 0 amide bonds. The first-order valence-electron chi connectivity index (χ1n) is 9.33. The minimum absolute atomic E-state index is 0.157. The maximum atomic E-state index is 11.4. The number of carboxylic acids is 1. The van der Waals surface area contributed by atoms with E-state index in [1.807, 2.05) is 79.7 Å². The number of para-hydroxylation sites is 4. The van der Waals surface area contributed by atoms with E-state index in [-0.39, 0.29) is 6.54 Å². The van der Waals surface area contributed by atoms with Crippen LogP contribution in [0.1, 0.15) is 6.92 Å². The molecule has 1 aromatic heterocycles. The van der Waals surface area contributed by atoms with Crippen LogP contribution in [0.5, 0.6) is 17.2 Å². The topological polar surface area (TPSA) is 73.6 Å². The van der Waals surface area contributed by atoms with Crippen molar-refractivity contribution in [3.05, 3.63) is 72.8 Å². The summed E-state index contributed by atoms with van der Waals surface area (Å²) in [6.45, 7) is 2.32. The van der Waals surface area contributed by atoms with Crippen molar-refractivity contribution >= 4 is 17.0 Å². The van der Waals surface area contributed by atoms with Gasteiger partial charge in [-0.05, 0) is 55.5 Å². The molecular formula is C23H20N2O4. The molecule has 0 bridgehead atoms. The number of aliphatic carboxylic acids is 1. The number of carboxylic acid groups (broad SMARTS) is 1. The van der Waals surface area contributed by atoms with Crippen LogP contribution in [0.2, 0.25) is 0 Å². The first-order valence-corrected chi connectivity index (χ1v) is 9.33. The largest absolute Gasteiger partial charge is 0.490 e. The van der Waals surface area contributed by atoms with Crippen LogP contribution in [0.25, 0.3) is 22.4 Å². The maximum absolute atomic E-state index is 11.4. The quantitative estimate of drug-likeness (QED) is 0.483. The molecule has 0 fully saturated rings. The summed E-state index contributed by atoms with van der Waals surface area (Å²) in [7, 11) is 0. The summed E-state index contributed by atoms with van der Waals surface area (Å²) in [4.78, 5) is 16.0. The van der Waals surface area contributed by atoms with Gasteiger partial charge in [0.05, 0.1) is 17.6 Å². The highest BCUT2D eigenvalue weighted by Gasteiger charge is 2.15. The van der Waals surface area contributed by atoms with Crippen LogP contribution < -0.4 is 9.47 Å². The number of rotatable bonds is 7. The average Bonchev–Trinajstić information content (AvgIpc) is 3.08. The third-order valence-electron chi connectivity index (χ3n) is 4.44. The van der Waals surface area contributed by atoms with Crippen molar-refractivity contribution in [2.24, 2.45) is 0 Å². The van der Waals surface area contributed by atoms with Gasteiger partial charge < -0.3 is 19.1 Å². The summed E-state index contributed by atoms with van der Waals surface area (Å²) >= 11 is 0. The van der Waals surface area contributed by atoms with E-state index in [0.29, 0.717) is 29.7 Å². The molecule has 1 heterocycles. The van der Waals surface area contributed by atoms with E-state index in [1.54, 1.807) is 4.57 Å². The van der Waals surface area contributed by atoms with Crippen molar-refractivity contribution in [3.8, 4) is 28.6 Å². The molecule has 0 unspecified atom stereocenters. The van der Waals surface area contributed by atoms with Crippen molar-refractivity contribution in [2.45, 2.75) is 13.5 Å². The average molecular weight is 388 g/mol. The van der Waals surface area contributed by atoms with E-state index in [9.17, 15) is 9.90 Å². The van der Waals surface area contributed by atoms with Gasteiger partial charge in [-0.1, -0.05) is 24.3 Å². The van der Waals surface area contributed by atoms with Crippen LogP contribution in [0.3, 0.4) is 0 Å². The zero-order chi connectivity index (χ0) is 20.2. The second-order valence-corrected chi connectivity index (χ2v) is 6.41. The first-order chi connectivity index (χ1) is 14.2. The first kappa shape index (κ1) is 18.6. The Balaban J connectivity index is 1.66. The summed E-state index contributed by atoms with van der Waals surface area (Å²) in [6.07, 6.45) is 0. The van der Waals surface area contributed by atoms with Gasteiger partial charge in [-0.15, -0.1) is 0 Å². The minimum atomic E-state index is -0.915. The summed E-state index contributed by atoms with van der Waals surface area (Å²) in [6, 6.07) is 22.4. The fourth-order valence-corrected chi connectivity index (χ4v) is 3.20. The van der Waals surface area contributed by atoms with Gasteiger partial charge in [0.15, 0.2) is 11.5 Å². The van der Waals surface area contributed by atoms with E-state index < -0.39 is 5.97 Å². The van der Waals surface area contributed by atoms with Gasteiger partial charge in [-0.25, -0.2) is 4.98 Å². The summed E-state index contributed by atoms with van der Waals surface area (Å²) in [5, 5.41) is 9.31. The minimum Gasteiger partial charge on any atom is -0.490 e. The van der Waals surface area contributed by atoms with E-state index in [1.165, 1.54) is 0 Å². The van der Waals surface area contributed by atoms with E-state index in [2.05, 4.69) is 4.98 Å². The van der Waals surface area contributed by atoms with Crippen LogP contribution in [-0.4, -0.2) is 27.2 Å². The number of hydrogen-bond donors (Lipinski definition) is 1. The Morgan fingerprint density at radius 3 is 2.38 bits per heavy atom. The number of imidazole rings is 1. The molecular weight excluding hydrogens is 368 g/mol. The molecule has 146 valence electrons. The van der Waals surface area contributed by atoms with Crippen molar-refractivity contribution in [1.29, 1.82) is 0 Å². The lowest BCUT2D eigenvalue weighted by atomic mass is 10.2. The molecule has 0 radical (unpaired) electrons. The predicted molar refractivity (Wildman–Crippen MR) is 110 cm³/mol. The third-order valence-corrected chi connectivity index (χ3v) is 4.44. The number of ether oxygens (including phenoxy) is 2. The van der Waals surface area contributed by atoms with Crippen LogP contribution in [0.15, 0.2) is 72.8 Å². The Labute approximate surface area is 168 Å². The van der Waals surface area contributed by atoms with Crippen LogP contribution in [-0.2, 0) is 11.3 Å². The summed E-state index contributed by atoms with van der Waals surface area (Å²) in [5.41, 5.74) is 2.36. The fourth-order valence-electron chi connectivity index (χ4n) is 3.20. The molecule has 0 aliphatic carbocycles. The van der Waals surface area contributed by atoms with E-state index in [4.69, 9.17) is 9.47 Å². The number of fused-ring (bicyclic) bond motifs is 1. The Bertz CT molecular complexity index is 1150. The lowest BCUT2D eigenvalue weighted by Crippen LogP contribution is -2.09. The fraction of sp³-hybridized carbons (Fsp3) is 0.130. The van der Waals surface area contributed by atoms with Gasteiger partial charge >= 0.3 is 5.97 Å². The third kappa shape index (κ3) is 3.91. The van der Waals surface area contributed by atoms with Crippen molar-refractivity contribution in [2.75, 3.05) is 6.61 Å². The Kier molecular flexibility index (Phi) is 5.16. The van der Waals surface area contributed by atoms with Crippen LogP contribution >= 0.6 is 0 Å². The Hall–Kier alpha value is -3.80. The van der Waals surface area contributed by atoms with Gasteiger partial charge in [0.25, 0.3) is 0 Å². The number of aromatic nitrogens is 2. The normalized spacial score (nSPS) is 10.8. The van der Waals surface area contributed by atoms with Gasteiger partial charge in [-0.3, -0.25) is 4.79 Å². The highest BCUT2D eigenvalue weighted by atomic mass is 16.5. The van der Waals surface area contributed by atoms with Gasteiger partial charge in [0.1, 0.15) is 18.1 Å². The standard InChI is InChI=1S/C23H20N2O4/c1-2-28-20-9-5-6-10-21(20)29-17-13-11-16(12-14-17)23-24-18-7-3-4-8-19(18)25(23)15-22(26)27/h3-14H,2,15H2,1H3,(H,26,27). The van der Waals surface area contributed by atoms with Crippen LogP contribution in [0, 0.1) is 0 Å². The Morgan fingerprint density at radius 1 is 0.966 bits per heavy atom. The molecule has 0 atom stereocenters. The Morgan fingerprint density at radius 2 is 1.66 bits per heavy atom. The molecule has 3 aromatic carbocycles. The zero-order valence-electron chi connectivity index (χ0n) is 15.9. The van der Waals surface area contributed by atoms with E-state index >= 15 is 0 Å². The molecule has 0 aliphatic heterocycles. The second kappa shape index (κ2) is 8.06. The molecule has 0 spiro atoms. The molecule has 0 saturated carbocycles. The number of carbonyl (C=O) groups is 1. The van der Waals surface area contributed by atoms with E-state index in [0.717, 1.165) is 16.6 Å². The van der Waals surface area contributed by atoms with Crippen molar-refractivity contribution < 1.29 is 19.4 Å². The molecule has 29 heavy (non-hydrogen) atoms. The van der Waals surface area contributed by atoms with Gasteiger partial charge in [0, 0.05) is 5.56 Å². The molecule has 6 heteroatoms. The highest BCUT2D eigenvalue weighted by molar-refractivity contribution is 5.82. The molecule has 4 rings (SSSR count). The van der Waals surface area contributed by atoms with Crippen molar-refractivity contribution in [1.82, 2.24) is 9.55 Å². The van der Waals surface area contributed by atoms with Gasteiger partial charge in [0.2, 0.25) is 0 Å². The smallest absolute Gasteiger partial charge is 0.323 e. The molecule has 1 N–H and O–H groups in total. The van der Waals surface area contributed by atoms with Gasteiger partial charge in [-0.2, -0.15) is 0 Å². The lowest BCUT2D eigenvalue weighted by molar-refractivity contribution is -0.137.